The van der Waals surface area contributed by atoms with Crippen LogP contribution in [0, 0.1) is 25.7 Å². The highest BCUT2D eigenvalue weighted by atomic mass is 16.4. The van der Waals surface area contributed by atoms with E-state index in [0.717, 1.165) is 17.9 Å². The number of carbonyl (C=O) groups is 1. The van der Waals surface area contributed by atoms with Crippen molar-refractivity contribution in [1.82, 2.24) is 9.78 Å². The molecule has 74 valence electrons. The minimum absolute atomic E-state index is 0.717. The van der Waals surface area contributed by atoms with Crippen LogP contribution in [0.1, 0.15) is 23.9 Å². The molecule has 1 N–H and O–H groups in total. The van der Waals surface area contributed by atoms with E-state index < -0.39 is 5.97 Å². The lowest BCUT2D eigenvalue weighted by atomic mass is 10.2. The normalized spacial score (nSPS) is 9.36. The van der Waals surface area contributed by atoms with Crippen LogP contribution in [0.3, 0.4) is 0 Å². The fraction of sp³-hybridized carbons (Fsp3) is 0.400. The first kappa shape index (κ1) is 10.3. The summed E-state index contributed by atoms with van der Waals surface area (Å²) in [5.74, 6) is 3.58. The van der Waals surface area contributed by atoms with Crippen LogP contribution in [0.2, 0.25) is 0 Å². The Morgan fingerprint density at radius 2 is 2.21 bits per heavy atom. The van der Waals surface area contributed by atoms with Gasteiger partial charge >= 0.3 is 5.97 Å². The molecule has 0 aliphatic carbocycles. The first-order chi connectivity index (χ1) is 6.56. The first-order valence-corrected chi connectivity index (χ1v) is 4.35. The van der Waals surface area contributed by atoms with E-state index in [0.29, 0.717) is 5.56 Å². The highest BCUT2D eigenvalue weighted by Crippen LogP contribution is 2.10. The van der Waals surface area contributed by atoms with Gasteiger partial charge in [0.2, 0.25) is 0 Å². The third-order valence-electron chi connectivity index (χ3n) is 1.98. The molecule has 0 radical (unpaired) electrons. The minimum Gasteiger partial charge on any atom is -0.472 e. The number of aromatic nitrogens is 2. The number of rotatable bonds is 1. The molecule has 0 saturated carbocycles. The first-order valence-electron chi connectivity index (χ1n) is 4.35. The Hall–Kier alpha value is -1.76. The smallest absolute Gasteiger partial charge is 0.382 e. The number of hydrogen-bond acceptors (Lipinski definition) is 2. The Morgan fingerprint density at radius 1 is 1.57 bits per heavy atom. The zero-order chi connectivity index (χ0) is 10.7. The molecular formula is C10H12N2O2. The van der Waals surface area contributed by atoms with Gasteiger partial charge in [-0.2, -0.15) is 5.10 Å². The fourth-order valence-electron chi connectivity index (χ4n) is 1.30. The quantitative estimate of drug-likeness (QED) is 0.674. The van der Waals surface area contributed by atoms with Gasteiger partial charge in [-0.25, -0.2) is 4.79 Å². The number of nitrogens with zero attached hydrogens (tertiary/aromatic N) is 2. The van der Waals surface area contributed by atoms with Crippen LogP contribution in [0.15, 0.2) is 0 Å². The Kier molecular flexibility index (Phi) is 2.92. The summed E-state index contributed by atoms with van der Waals surface area (Å²) in [6.45, 7) is 6.45. The number of carboxylic acid groups (broad SMARTS) is 1. The van der Waals surface area contributed by atoms with Crippen molar-refractivity contribution in [2.75, 3.05) is 0 Å². The molecule has 0 amide bonds. The highest BCUT2D eigenvalue weighted by Gasteiger charge is 2.07. The van der Waals surface area contributed by atoms with Crippen LogP contribution in [0.25, 0.3) is 0 Å². The van der Waals surface area contributed by atoms with E-state index in [-0.39, 0.29) is 0 Å². The van der Waals surface area contributed by atoms with Gasteiger partial charge in [-0.15, -0.1) is 0 Å². The van der Waals surface area contributed by atoms with Crippen molar-refractivity contribution >= 4 is 5.97 Å². The van der Waals surface area contributed by atoms with Crippen molar-refractivity contribution in [2.45, 2.75) is 27.3 Å². The predicted molar refractivity (Wildman–Crippen MR) is 51.9 cm³/mol. The lowest BCUT2D eigenvalue weighted by Crippen LogP contribution is -1.98. The molecule has 0 aliphatic rings. The van der Waals surface area contributed by atoms with E-state index in [9.17, 15) is 4.79 Å². The van der Waals surface area contributed by atoms with Crippen LogP contribution in [0.4, 0.5) is 0 Å². The zero-order valence-electron chi connectivity index (χ0n) is 8.46. The Labute approximate surface area is 82.5 Å². The van der Waals surface area contributed by atoms with Crippen molar-refractivity contribution in [3.05, 3.63) is 17.0 Å². The summed E-state index contributed by atoms with van der Waals surface area (Å²) >= 11 is 0. The standard InChI is InChI=1S/C10H12N2O2/c1-4-12-8(3)9(7(2)11-12)5-6-10(13)14/h4H2,1-3H3,(H,13,14). The molecular weight excluding hydrogens is 180 g/mol. The number of carboxylic acids is 1. The van der Waals surface area contributed by atoms with Gasteiger partial charge < -0.3 is 5.11 Å². The molecule has 0 fully saturated rings. The summed E-state index contributed by atoms with van der Waals surface area (Å²) in [7, 11) is 0. The summed E-state index contributed by atoms with van der Waals surface area (Å²) in [6.07, 6.45) is 0. The second-order valence-corrected chi connectivity index (χ2v) is 2.92. The van der Waals surface area contributed by atoms with Crippen molar-refractivity contribution in [3.63, 3.8) is 0 Å². The maximum absolute atomic E-state index is 10.3. The monoisotopic (exact) mass is 192 g/mol. The highest BCUT2D eigenvalue weighted by molar-refractivity contribution is 5.87. The van der Waals surface area contributed by atoms with E-state index in [1.807, 2.05) is 20.8 Å². The molecule has 1 aromatic rings. The van der Waals surface area contributed by atoms with E-state index >= 15 is 0 Å². The van der Waals surface area contributed by atoms with E-state index in [1.165, 1.54) is 0 Å². The predicted octanol–water partition coefficient (Wildman–Crippen LogP) is 0.956. The van der Waals surface area contributed by atoms with Crippen molar-refractivity contribution < 1.29 is 9.90 Å². The Bertz CT molecular complexity index is 421. The van der Waals surface area contributed by atoms with Crippen LogP contribution in [-0.2, 0) is 11.3 Å². The topological polar surface area (TPSA) is 55.1 Å². The van der Waals surface area contributed by atoms with Crippen LogP contribution in [-0.4, -0.2) is 20.9 Å². The third kappa shape index (κ3) is 1.94. The van der Waals surface area contributed by atoms with E-state index in [4.69, 9.17) is 5.11 Å². The number of aliphatic carboxylic acids is 1. The molecule has 0 saturated heterocycles. The molecule has 1 aromatic heterocycles. The van der Waals surface area contributed by atoms with E-state index in [2.05, 4.69) is 16.9 Å². The van der Waals surface area contributed by atoms with Crippen LogP contribution in [0.5, 0.6) is 0 Å². The van der Waals surface area contributed by atoms with Gasteiger partial charge in [0.15, 0.2) is 0 Å². The average Bonchev–Trinajstić information content (AvgIpc) is 2.39. The van der Waals surface area contributed by atoms with Gasteiger partial charge in [-0.3, -0.25) is 4.68 Å². The summed E-state index contributed by atoms with van der Waals surface area (Å²) < 4.78 is 1.81. The maximum Gasteiger partial charge on any atom is 0.382 e. The van der Waals surface area contributed by atoms with Gasteiger partial charge in [0.05, 0.1) is 17.0 Å². The summed E-state index contributed by atoms with van der Waals surface area (Å²) in [5.41, 5.74) is 2.41. The second-order valence-electron chi connectivity index (χ2n) is 2.92. The molecule has 0 unspecified atom stereocenters. The third-order valence-corrected chi connectivity index (χ3v) is 1.98. The van der Waals surface area contributed by atoms with Gasteiger partial charge in [-0.05, 0) is 20.8 Å². The molecule has 0 bridgehead atoms. The van der Waals surface area contributed by atoms with Gasteiger partial charge in [-0.1, -0.05) is 5.92 Å². The second kappa shape index (κ2) is 3.97. The number of hydrogen-bond donors (Lipinski definition) is 1. The number of aryl methyl sites for hydroxylation is 2. The fourth-order valence-corrected chi connectivity index (χ4v) is 1.30. The summed E-state index contributed by atoms with van der Waals surface area (Å²) in [5, 5.41) is 12.6. The molecule has 14 heavy (non-hydrogen) atoms. The lowest BCUT2D eigenvalue weighted by molar-refractivity contribution is -0.130. The van der Waals surface area contributed by atoms with Gasteiger partial charge in [0.1, 0.15) is 0 Å². The molecule has 0 aromatic carbocycles. The minimum atomic E-state index is -1.12. The SMILES string of the molecule is CCn1nc(C)c(C#CC(=O)O)c1C. The molecule has 0 spiro atoms. The molecule has 0 aliphatic heterocycles. The molecule has 4 nitrogen and oxygen atoms in total. The molecule has 1 heterocycles. The van der Waals surface area contributed by atoms with Crippen LogP contribution < -0.4 is 0 Å². The maximum atomic E-state index is 10.3. The van der Waals surface area contributed by atoms with Crippen molar-refractivity contribution in [3.8, 4) is 11.8 Å². The largest absolute Gasteiger partial charge is 0.472 e. The lowest BCUT2D eigenvalue weighted by Gasteiger charge is -1.96. The van der Waals surface area contributed by atoms with Crippen molar-refractivity contribution in [2.24, 2.45) is 0 Å². The van der Waals surface area contributed by atoms with Gasteiger partial charge in [0.25, 0.3) is 0 Å². The average molecular weight is 192 g/mol. The van der Waals surface area contributed by atoms with Crippen molar-refractivity contribution in [1.29, 1.82) is 0 Å². The van der Waals surface area contributed by atoms with E-state index in [1.54, 1.807) is 4.68 Å². The molecule has 4 heteroatoms. The Morgan fingerprint density at radius 3 is 2.64 bits per heavy atom. The van der Waals surface area contributed by atoms with Crippen LogP contribution >= 0.6 is 0 Å². The summed E-state index contributed by atoms with van der Waals surface area (Å²) in [4.78, 5) is 10.3. The Balaban J connectivity index is 3.17. The zero-order valence-corrected chi connectivity index (χ0v) is 8.46. The molecule has 0 atom stereocenters. The summed E-state index contributed by atoms with van der Waals surface area (Å²) in [6, 6.07) is 0. The van der Waals surface area contributed by atoms with Gasteiger partial charge in [0, 0.05) is 12.5 Å². The molecule has 1 rings (SSSR count).